The van der Waals surface area contributed by atoms with Crippen molar-refractivity contribution in [3.05, 3.63) is 51.5 Å². The molecule has 0 fully saturated rings. The maximum absolute atomic E-state index is 13.4. The van der Waals surface area contributed by atoms with Crippen molar-refractivity contribution in [3.63, 3.8) is 0 Å². The van der Waals surface area contributed by atoms with Gasteiger partial charge in [-0.2, -0.15) is 0 Å². The Bertz CT molecular complexity index is 692. The van der Waals surface area contributed by atoms with Crippen LogP contribution in [0.4, 0.5) is 4.39 Å². The molecule has 102 valence electrons. The minimum Gasteiger partial charge on any atom is -0.207 e. The molecule has 19 heavy (non-hydrogen) atoms. The fourth-order valence-electron chi connectivity index (χ4n) is 1.77. The number of rotatable bonds is 4. The third kappa shape index (κ3) is 3.20. The summed E-state index contributed by atoms with van der Waals surface area (Å²) < 4.78 is 40.1. The highest BCUT2D eigenvalue weighted by Gasteiger charge is 2.19. The van der Waals surface area contributed by atoms with Gasteiger partial charge < -0.3 is 0 Å². The number of hydrogen-bond donors (Lipinski definition) is 1. The Kier molecular flexibility index (Phi) is 4.03. The second-order valence-electron chi connectivity index (χ2n) is 4.19. The molecule has 1 N–H and O–H groups in total. The fraction of sp³-hybridized carbons (Fsp3) is 0.231. The van der Waals surface area contributed by atoms with Crippen LogP contribution >= 0.6 is 11.3 Å². The van der Waals surface area contributed by atoms with Crippen LogP contribution in [0.3, 0.4) is 0 Å². The van der Waals surface area contributed by atoms with Crippen molar-refractivity contribution >= 4 is 21.4 Å². The third-order valence-electron chi connectivity index (χ3n) is 2.70. The van der Waals surface area contributed by atoms with Gasteiger partial charge in [0, 0.05) is 21.9 Å². The maximum Gasteiger partial charge on any atom is 0.241 e. The van der Waals surface area contributed by atoms with Crippen LogP contribution in [-0.2, 0) is 16.6 Å². The number of benzene rings is 1. The van der Waals surface area contributed by atoms with Crippen LogP contribution in [0.5, 0.6) is 0 Å². The van der Waals surface area contributed by atoms with E-state index in [9.17, 15) is 12.8 Å². The lowest BCUT2D eigenvalue weighted by atomic mass is 10.2. The maximum atomic E-state index is 13.4. The van der Waals surface area contributed by atoms with Gasteiger partial charge in [-0.05, 0) is 26.0 Å². The lowest BCUT2D eigenvalue weighted by Crippen LogP contribution is -2.23. The highest BCUT2D eigenvalue weighted by atomic mass is 32.2. The summed E-state index contributed by atoms with van der Waals surface area (Å²) >= 11 is 1.43. The molecule has 1 aromatic heterocycles. The zero-order chi connectivity index (χ0) is 14.0. The summed E-state index contributed by atoms with van der Waals surface area (Å²) in [6, 6.07) is 7.74. The number of thiophene rings is 1. The van der Waals surface area contributed by atoms with Crippen molar-refractivity contribution in [2.24, 2.45) is 0 Å². The van der Waals surface area contributed by atoms with E-state index in [1.54, 1.807) is 31.2 Å². The van der Waals surface area contributed by atoms with Crippen LogP contribution < -0.4 is 4.72 Å². The lowest BCUT2D eigenvalue weighted by molar-refractivity contribution is 0.574. The van der Waals surface area contributed by atoms with Crippen molar-refractivity contribution in [2.45, 2.75) is 25.3 Å². The van der Waals surface area contributed by atoms with E-state index in [-0.39, 0.29) is 11.4 Å². The molecule has 2 aromatic rings. The monoisotopic (exact) mass is 299 g/mol. The minimum absolute atomic E-state index is 0.0522. The van der Waals surface area contributed by atoms with Gasteiger partial charge in [0.25, 0.3) is 0 Å². The van der Waals surface area contributed by atoms with Crippen LogP contribution in [0.1, 0.15) is 15.3 Å². The Morgan fingerprint density at radius 2 is 1.95 bits per heavy atom. The molecule has 1 aromatic carbocycles. The number of sulfonamides is 1. The van der Waals surface area contributed by atoms with Gasteiger partial charge >= 0.3 is 0 Å². The second kappa shape index (κ2) is 5.40. The first-order valence-electron chi connectivity index (χ1n) is 5.70. The first kappa shape index (κ1) is 14.2. The van der Waals surface area contributed by atoms with Gasteiger partial charge in [-0.25, -0.2) is 17.5 Å². The number of hydrogen-bond acceptors (Lipinski definition) is 3. The molecular weight excluding hydrogens is 285 g/mol. The summed E-state index contributed by atoms with van der Waals surface area (Å²) in [5, 5.41) is 0. The number of nitrogens with one attached hydrogen (secondary N) is 1. The zero-order valence-corrected chi connectivity index (χ0v) is 12.2. The first-order valence-corrected chi connectivity index (χ1v) is 8.00. The van der Waals surface area contributed by atoms with Gasteiger partial charge in [0.05, 0.1) is 4.90 Å². The Morgan fingerprint density at radius 1 is 1.26 bits per heavy atom. The summed E-state index contributed by atoms with van der Waals surface area (Å²) in [4.78, 5) is 1.94. The van der Waals surface area contributed by atoms with E-state index in [2.05, 4.69) is 4.72 Å². The van der Waals surface area contributed by atoms with Crippen molar-refractivity contribution in [1.29, 1.82) is 0 Å². The molecule has 0 amide bonds. The topological polar surface area (TPSA) is 46.2 Å². The number of halogens is 1. The molecule has 0 saturated carbocycles. The molecule has 0 spiro atoms. The highest BCUT2D eigenvalue weighted by molar-refractivity contribution is 7.89. The standard InChI is InChI=1S/C13H14FNO2S2/c1-9-7-13(10(2)18-9)19(16,17)15-8-11-5-3-4-6-12(11)14/h3-7,15H,8H2,1-2H3. The first-order chi connectivity index (χ1) is 8.90. The Morgan fingerprint density at radius 3 is 2.53 bits per heavy atom. The average molecular weight is 299 g/mol. The predicted octanol–water partition coefficient (Wildman–Crippen LogP) is 2.98. The lowest BCUT2D eigenvalue weighted by Gasteiger charge is -2.07. The van der Waals surface area contributed by atoms with Crippen LogP contribution in [0.2, 0.25) is 0 Å². The van der Waals surface area contributed by atoms with Gasteiger partial charge in [0.2, 0.25) is 10.0 Å². The second-order valence-corrected chi connectivity index (χ2v) is 7.39. The van der Waals surface area contributed by atoms with Gasteiger partial charge in [-0.15, -0.1) is 11.3 Å². The number of aryl methyl sites for hydroxylation is 2. The smallest absolute Gasteiger partial charge is 0.207 e. The van der Waals surface area contributed by atoms with Crippen LogP contribution in [0.15, 0.2) is 35.2 Å². The molecule has 0 saturated heterocycles. The van der Waals surface area contributed by atoms with Crippen LogP contribution in [0.25, 0.3) is 0 Å². The van der Waals surface area contributed by atoms with Crippen molar-refractivity contribution in [1.82, 2.24) is 4.72 Å². The molecule has 1 heterocycles. The molecule has 2 rings (SSSR count). The third-order valence-corrected chi connectivity index (χ3v) is 5.32. The van der Waals surface area contributed by atoms with E-state index in [0.717, 1.165) is 9.75 Å². The Hall–Kier alpha value is -1.24. The van der Waals surface area contributed by atoms with E-state index in [1.807, 2.05) is 6.92 Å². The van der Waals surface area contributed by atoms with Gasteiger partial charge in [-0.3, -0.25) is 0 Å². The van der Waals surface area contributed by atoms with Crippen LogP contribution in [-0.4, -0.2) is 8.42 Å². The van der Waals surface area contributed by atoms with Gasteiger partial charge in [0.1, 0.15) is 5.82 Å². The van der Waals surface area contributed by atoms with Gasteiger partial charge in [-0.1, -0.05) is 18.2 Å². The molecule has 0 aliphatic rings. The molecular formula is C13H14FNO2S2. The normalized spacial score (nSPS) is 11.7. The Balaban J connectivity index is 2.19. The van der Waals surface area contributed by atoms with Crippen LogP contribution in [0, 0.1) is 19.7 Å². The van der Waals surface area contributed by atoms with E-state index in [0.29, 0.717) is 5.56 Å². The molecule has 0 bridgehead atoms. The van der Waals surface area contributed by atoms with E-state index < -0.39 is 15.8 Å². The van der Waals surface area contributed by atoms with Gasteiger partial charge in [0.15, 0.2) is 0 Å². The van der Waals surface area contributed by atoms with E-state index >= 15 is 0 Å². The quantitative estimate of drug-likeness (QED) is 0.943. The van der Waals surface area contributed by atoms with Crippen molar-refractivity contribution < 1.29 is 12.8 Å². The highest BCUT2D eigenvalue weighted by Crippen LogP contribution is 2.24. The SMILES string of the molecule is Cc1cc(S(=O)(=O)NCc2ccccc2F)c(C)s1. The van der Waals surface area contributed by atoms with Crippen molar-refractivity contribution in [3.8, 4) is 0 Å². The molecule has 0 radical (unpaired) electrons. The predicted molar refractivity (Wildman–Crippen MR) is 74.2 cm³/mol. The Labute approximate surface area is 116 Å². The fourth-order valence-corrected chi connectivity index (χ4v) is 4.33. The summed E-state index contributed by atoms with van der Waals surface area (Å²) in [5.74, 6) is -0.413. The molecule has 0 aliphatic heterocycles. The summed E-state index contributed by atoms with van der Waals surface area (Å²) in [7, 11) is -3.59. The van der Waals surface area contributed by atoms with E-state index in [4.69, 9.17) is 0 Å². The minimum atomic E-state index is -3.59. The average Bonchev–Trinajstić information content (AvgIpc) is 2.68. The zero-order valence-electron chi connectivity index (χ0n) is 10.6. The molecule has 6 heteroatoms. The summed E-state index contributed by atoms with van der Waals surface area (Å²) in [6.45, 7) is 3.56. The van der Waals surface area contributed by atoms with Crippen molar-refractivity contribution in [2.75, 3.05) is 0 Å². The summed E-state index contributed by atoms with van der Waals surface area (Å²) in [6.07, 6.45) is 0. The molecule has 0 aliphatic carbocycles. The molecule has 0 unspecified atom stereocenters. The molecule has 3 nitrogen and oxygen atoms in total. The summed E-state index contributed by atoms with van der Waals surface area (Å²) in [5.41, 5.74) is 0.329. The molecule has 0 atom stereocenters. The van der Waals surface area contributed by atoms with E-state index in [1.165, 1.54) is 17.4 Å². The largest absolute Gasteiger partial charge is 0.241 e.